The summed E-state index contributed by atoms with van der Waals surface area (Å²) in [4.78, 5) is 26.6. The molecule has 1 aliphatic carbocycles. The van der Waals surface area contributed by atoms with Gasteiger partial charge in [0.1, 0.15) is 11.9 Å². The van der Waals surface area contributed by atoms with E-state index in [1.54, 1.807) is 24.3 Å². The number of carbonyl (C=O) groups excluding carboxylic acids is 2. The molecular formula is C23H27N3O5. The second-order valence-corrected chi connectivity index (χ2v) is 8.79. The summed E-state index contributed by atoms with van der Waals surface area (Å²) in [6, 6.07) is 8.73. The van der Waals surface area contributed by atoms with Crippen LogP contribution < -0.4 is 4.74 Å². The van der Waals surface area contributed by atoms with Crippen LogP contribution in [0.1, 0.15) is 45.8 Å². The molecule has 3 aliphatic rings. The maximum absolute atomic E-state index is 13.0. The van der Waals surface area contributed by atoms with Crippen LogP contribution in [-0.4, -0.2) is 64.1 Å². The average molecular weight is 425 g/mol. The predicted molar refractivity (Wildman–Crippen MR) is 111 cm³/mol. The fourth-order valence-corrected chi connectivity index (χ4v) is 5.20. The van der Waals surface area contributed by atoms with Gasteiger partial charge >= 0.3 is 5.97 Å². The van der Waals surface area contributed by atoms with Crippen LogP contribution in [0.4, 0.5) is 0 Å². The summed E-state index contributed by atoms with van der Waals surface area (Å²) in [5, 5.41) is 15.2. The zero-order valence-electron chi connectivity index (χ0n) is 17.6. The van der Waals surface area contributed by atoms with Crippen molar-refractivity contribution in [1.82, 2.24) is 14.7 Å². The third-order valence-electron chi connectivity index (χ3n) is 6.80. The number of hydrogen-bond acceptors (Lipinski definition) is 6. The molecule has 0 unspecified atom stereocenters. The molecule has 1 saturated heterocycles. The number of benzene rings is 1. The summed E-state index contributed by atoms with van der Waals surface area (Å²) in [6.07, 6.45) is 2.34. The molecule has 1 aromatic carbocycles. The van der Waals surface area contributed by atoms with E-state index in [0.29, 0.717) is 42.9 Å². The standard InChI is InChI=1S/C23H27N3O5/c1-30-23(29)14-4-2-6-18(8-14)31-21-10-16-13-25(12-15(16)9-20(21)27)22(28)19-11-17-5-3-7-26(17)24-19/h2,4,6,8,11,15-16,20-21,27H,3,5,7,9-10,12-13H2,1H3/t15-,16+,20+,21+/m0/s1. The van der Waals surface area contributed by atoms with Crippen LogP contribution in [0.3, 0.4) is 0 Å². The van der Waals surface area contributed by atoms with Gasteiger partial charge in [0, 0.05) is 25.3 Å². The topological polar surface area (TPSA) is 93.9 Å². The Kier molecular flexibility index (Phi) is 5.17. The van der Waals surface area contributed by atoms with Crippen LogP contribution in [0.15, 0.2) is 30.3 Å². The Hall–Kier alpha value is -2.87. The molecule has 2 fully saturated rings. The molecule has 0 bridgehead atoms. The van der Waals surface area contributed by atoms with E-state index >= 15 is 0 Å². The molecule has 2 aromatic rings. The number of aromatic nitrogens is 2. The molecule has 1 N–H and O–H groups in total. The first kappa shape index (κ1) is 20.1. The molecule has 1 saturated carbocycles. The molecule has 0 radical (unpaired) electrons. The van der Waals surface area contributed by atoms with Crippen LogP contribution >= 0.6 is 0 Å². The average Bonchev–Trinajstić information content (AvgIpc) is 3.47. The molecular weight excluding hydrogens is 398 g/mol. The number of hydrogen-bond donors (Lipinski definition) is 1. The smallest absolute Gasteiger partial charge is 0.337 e. The van der Waals surface area contributed by atoms with Gasteiger partial charge in [0.25, 0.3) is 5.91 Å². The fourth-order valence-electron chi connectivity index (χ4n) is 5.20. The monoisotopic (exact) mass is 425 g/mol. The highest BCUT2D eigenvalue weighted by molar-refractivity contribution is 5.92. The maximum Gasteiger partial charge on any atom is 0.337 e. The minimum Gasteiger partial charge on any atom is -0.488 e. The van der Waals surface area contributed by atoms with Crippen molar-refractivity contribution in [3.05, 3.63) is 47.3 Å². The molecule has 5 rings (SSSR count). The number of amides is 1. The van der Waals surface area contributed by atoms with Crippen LogP contribution in [0.2, 0.25) is 0 Å². The van der Waals surface area contributed by atoms with Gasteiger partial charge in [-0.2, -0.15) is 5.10 Å². The normalized spacial score (nSPS) is 27.0. The van der Waals surface area contributed by atoms with Crippen molar-refractivity contribution in [2.45, 2.75) is 44.4 Å². The predicted octanol–water partition coefficient (Wildman–Crippen LogP) is 1.91. The third kappa shape index (κ3) is 3.80. The van der Waals surface area contributed by atoms with Gasteiger partial charge in [-0.1, -0.05) is 6.07 Å². The number of aliphatic hydroxyl groups is 1. The molecule has 3 heterocycles. The number of rotatable bonds is 4. The van der Waals surface area contributed by atoms with Gasteiger partial charge in [-0.05, 0) is 61.8 Å². The van der Waals surface area contributed by atoms with Crippen molar-refractivity contribution in [3.63, 3.8) is 0 Å². The number of ether oxygens (including phenoxy) is 2. The molecule has 4 atom stereocenters. The molecule has 1 aromatic heterocycles. The van der Waals surface area contributed by atoms with Crippen molar-refractivity contribution in [2.75, 3.05) is 20.2 Å². The number of fused-ring (bicyclic) bond motifs is 2. The van der Waals surface area contributed by atoms with Crippen molar-refractivity contribution < 1.29 is 24.2 Å². The first-order chi connectivity index (χ1) is 15.0. The lowest BCUT2D eigenvalue weighted by Gasteiger charge is -2.35. The number of nitrogens with zero attached hydrogens (tertiary/aromatic N) is 3. The summed E-state index contributed by atoms with van der Waals surface area (Å²) in [5.74, 6) is 0.619. The second-order valence-electron chi connectivity index (χ2n) is 8.79. The number of methoxy groups -OCH3 is 1. The van der Waals surface area contributed by atoms with Gasteiger partial charge < -0.3 is 19.5 Å². The quantitative estimate of drug-likeness (QED) is 0.752. The van der Waals surface area contributed by atoms with Gasteiger partial charge in [-0.25, -0.2) is 4.79 Å². The van der Waals surface area contributed by atoms with Gasteiger partial charge in [-0.3, -0.25) is 9.48 Å². The number of aliphatic hydroxyl groups excluding tert-OH is 1. The minimum atomic E-state index is -0.616. The molecule has 8 nitrogen and oxygen atoms in total. The van der Waals surface area contributed by atoms with Crippen LogP contribution in [-0.2, 0) is 17.7 Å². The van der Waals surface area contributed by atoms with E-state index in [1.165, 1.54) is 7.11 Å². The summed E-state index contributed by atoms with van der Waals surface area (Å²) >= 11 is 0. The Balaban J connectivity index is 1.24. The SMILES string of the molecule is COC(=O)c1cccc(O[C@@H]2C[C@@H]3CN(C(=O)c4cc5n(n4)CCC5)C[C@@H]3C[C@H]2O)c1. The first-order valence-corrected chi connectivity index (χ1v) is 10.9. The Morgan fingerprint density at radius 3 is 2.74 bits per heavy atom. The largest absolute Gasteiger partial charge is 0.488 e. The van der Waals surface area contributed by atoms with Gasteiger partial charge in [0.2, 0.25) is 0 Å². The second kappa shape index (κ2) is 8.00. The molecule has 164 valence electrons. The summed E-state index contributed by atoms with van der Waals surface area (Å²) in [6.45, 7) is 2.18. The Morgan fingerprint density at radius 1 is 1.16 bits per heavy atom. The molecule has 8 heteroatoms. The van der Waals surface area contributed by atoms with Gasteiger partial charge in [0.15, 0.2) is 5.69 Å². The maximum atomic E-state index is 13.0. The van der Waals surface area contributed by atoms with E-state index in [4.69, 9.17) is 9.47 Å². The first-order valence-electron chi connectivity index (χ1n) is 10.9. The lowest BCUT2D eigenvalue weighted by Crippen LogP contribution is -2.42. The third-order valence-corrected chi connectivity index (χ3v) is 6.80. The number of likely N-dealkylation sites (tertiary alicyclic amines) is 1. The number of esters is 1. The Morgan fingerprint density at radius 2 is 1.97 bits per heavy atom. The van der Waals surface area contributed by atoms with E-state index < -0.39 is 12.1 Å². The minimum absolute atomic E-state index is 0.0194. The van der Waals surface area contributed by atoms with E-state index in [1.807, 2.05) is 15.6 Å². The van der Waals surface area contributed by atoms with Crippen molar-refractivity contribution >= 4 is 11.9 Å². The lowest BCUT2D eigenvalue weighted by molar-refractivity contribution is -0.0231. The molecule has 0 spiro atoms. The molecule has 31 heavy (non-hydrogen) atoms. The van der Waals surface area contributed by atoms with E-state index in [-0.39, 0.29) is 23.8 Å². The van der Waals surface area contributed by atoms with Crippen molar-refractivity contribution in [2.24, 2.45) is 11.8 Å². The van der Waals surface area contributed by atoms with Crippen molar-refractivity contribution in [1.29, 1.82) is 0 Å². The Bertz CT molecular complexity index is 981. The zero-order valence-corrected chi connectivity index (χ0v) is 17.6. The highest BCUT2D eigenvalue weighted by Crippen LogP contribution is 2.38. The van der Waals surface area contributed by atoms with Gasteiger partial charge in [-0.15, -0.1) is 0 Å². The van der Waals surface area contributed by atoms with E-state index in [0.717, 1.165) is 25.1 Å². The molecule has 2 aliphatic heterocycles. The highest BCUT2D eigenvalue weighted by Gasteiger charge is 2.44. The highest BCUT2D eigenvalue weighted by atomic mass is 16.5. The summed E-state index contributed by atoms with van der Waals surface area (Å²) in [7, 11) is 1.34. The zero-order chi connectivity index (χ0) is 21.5. The molecule has 1 amide bonds. The van der Waals surface area contributed by atoms with E-state index in [2.05, 4.69) is 5.10 Å². The van der Waals surface area contributed by atoms with Crippen LogP contribution in [0.5, 0.6) is 5.75 Å². The number of carbonyl (C=O) groups is 2. The lowest BCUT2D eigenvalue weighted by atomic mass is 9.78. The fraction of sp³-hybridized carbons (Fsp3) is 0.522. The Labute approximate surface area is 180 Å². The van der Waals surface area contributed by atoms with Gasteiger partial charge in [0.05, 0.1) is 18.8 Å². The summed E-state index contributed by atoms with van der Waals surface area (Å²) < 4.78 is 12.8. The van der Waals surface area contributed by atoms with Crippen LogP contribution in [0, 0.1) is 11.8 Å². The summed E-state index contributed by atoms with van der Waals surface area (Å²) in [5.41, 5.74) is 2.08. The number of aryl methyl sites for hydroxylation is 2. The van der Waals surface area contributed by atoms with Crippen LogP contribution in [0.25, 0.3) is 0 Å². The van der Waals surface area contributed by atoms with E-state index in [9.17, 15) is 14.7 Å². The van der Waals surface area contributed by atoms with Crippen molar-refractivity contribution in [3.8, 4) is 5.75 Å².